The van der Waals surface area contributed by atoms with Gasteiger partial charge in [-0.1, -0.05) is 0 Å². The lowest BCUT2D eigenvalue weighted by Crippen LogP contribution is -2.41. The highest BCUT2D eigenvalue weighted by Gasteiger charge is 2.28. The molecule has 1 saturated heterocycles. The SMILES string of the molecule is CCn1cc(C2CS(=O)CCN2CCCCCOC)cn1. The van der Waals surface area contributed by atoms with Crippen molar-refractivity contribution >= 4 is 10.8 Å². The Labute approximate surface area is 130 Å². The third-order valence-electron chi connectivity index (χ3n) is 4.05. The van der Waals surface area contributed by atoms with Crippen molar-refractivity contribution in [3.63, 3.8) is 0 Å². The normalized spacial score (nSPS) is 23.5. The van der Waals surface area contributed by atoms with E-state index in [9.17, 15) is 4.21 Å². The second kappa shape index (κ2) is 8.66. The first-order valence-corrected chi connectivity index (χ1v) is 9.33. The second-order valence-corrected chi connectivity index (χ2v) is 7.17. The van der Waals surface area contributed by atoms with Gasteiger partial charge in [0.15, 0.2) is 0 Å². The molecule has 5 nitrogen and oxygen atoms in total. The summed E-state index contributed by atoms with van der Waals surface area (Å²) >= 11 is 0. The highest BCUT2D eigenvalue weighted by atomic mass is 32.2. The minimum absolute atomic E-state index is 0.266. The van der Waals surface area contributed by atoms with Crippen LogP contribution in [0.5, 0.6) is 0 Å². The molecule has 6 heteroatoms. The average Bonchev–Trinajstić information content (AvgIpc) is 2.97. The molecule has 0 radical (unpaired) electrons. The van der Waals surface area contributed by atoms with Gasteiger partial charge in [0.25, 0.3) is 0 Å². The van der Waals surface area contributed by atoms with Gasteiger partial charge in [-0.15, -0.1) is 0 Å². The summed E-state index contributed by atoms with van der Waals surface area (Å²) in [5.74, 6) is 1.55. The fraction of sp³-hybridized carbons (Fsp3) is 0.800. The molecular weight excluding hydrogens is 286 g/mol. The van der Waals surface area contributed by atoms with Crippen molar-refractivity contribution in [1.29, 1.82) is 0 Å². The van der Waals surface area contributed by atoms with E-state index in [1.807, 2.05) is 10.9 Å². The van der Waals surface area contributed by atoms with E-state index in [0.717, 1.165) is 44.2 Å². The van der Waals surface area contributed by atoms with Crippen molar-refractivity contribution in [2.75, 3.05) is 38.3 Å². The van der Waals surface area contributed by atoms with Crippen LogP contribution in [-0.4, -0.2) is 57.2 Å². The summed E-state index contributed by atoms with van der Waals surface area (Å²) < 4.78 is 19.0. The molecule has 1 aliphatic heterocycles. The lowest BCUT2D eigenvalue weighted by Gasteiger charge is -2.34. The monoisotopic (exact) mass is 313 g/mol. The molecule has 2 unspecified atom stereocenters. The van der Waals surface area contributed by atoms with Crippen LogP contribution in [0.1, 0.15) is 37.8 Å². The molecule has 2 atom stereocenters. The van der Waals surface area contributed by atoms with Crippen molar-refractivity contribution in [3.05, 3.63) is 18.0 Å². The fourth-order valence-electron chi connectivity index (χ4n) is 2.78. The standard InChI is InChI=1S/C15H27N3O2S/c1-3-18-12-14(11-16-18)15-13-21(19)10-8-17(15)7-5-4-6-9-20-2/h11-12,15H,3-10,13H2,1-2H3. The largest absolute Gasteiger partial charge is 0.385 e. The van der Waals surface area contributed by atoms with Crippen LogP contribution in [0, 0.1) is 0 Å². The Morgan fingerprint density at radius 1 is 1.43 bits per heavy atom. The molecule has 1 fully saturated rings. The van der Waals surface area contributed by atoms with E-state index in [1.165, 1.54) is 18.4 Å². The minimum Gasteiger partial charge on any atom is -0.385 e. The number of aryl methyl sites for hydroxylation is 1. The van der Waals surface area contributed by atoms with Gasteiger partial charge in [0.05, 0.1) is 6.20 Å². The van der Waals surface area contributed by atoms with Crippen molar-refractivity contribution in [2.24, 2.45) is 0 Å². The van der Waals surface area contributed by atoms with Crippen LogP contribution in [0.4, 0.5) is 0 Å². The molecule has 1 aromatic heterocycles. The molecule has 2 rings (SSSR count). The zero-order valence-corrected chi connectivity index (χ0v) is 14.0. The average molecular weight is 313 g/mol. The Morgan fingerprint density at radius 3 is 3.00 bits per heavy atom. The molecule has 0 amide bonds. The highest BCUT2D eigenvalue weighted by Crippen LogP contribution is 2.25. The number of unbranched alkanes of at least 4 members (excludes halogenated alkanes) is 2. The van der Waals surface area contributed by atoms with Gasteiger partial charge in [0.2, 0.25) is 0 Å². The zero-order chi connectivity index (χ0) is 15.1. The van der Waals surface area contributed by atoms with Gasteiger partial charge < -0.3 is 4.74 Å². The summed E-state index contributed by atoms with van der Waals surface area (Å²) in [6.45, 7) is 5.81. The molecular formula is C15H27N3O2S. The number of methoxy groups -OCH3 is 1. The van der Waals surface area contributed by atoms with E-state index in [2.05, 4.69) is 23.1 Å². The lowest BCUT2D eigenvalue weighted by molar-refractivity contribution is 0.183. The fourth-order valence-corrected chi connectivity index (χ4v) is 4.14. The molecule has 120 valence electrons. The first-order valence-electron chi connectivity index (χ1n) is 7.85. The molecule has 0 bridgehead atoms. The van der Waals surface area contributed by atoms with Crippen molar-refractivity contribution in [3.8, 4) is 0 Å². The summed E-state index contributed by atoms with van der Waals surface area (Å²) in [5.41, 5.74) is 1.21. The number of rotatable bonds is 8. The quantitative estimate of drug-likeness (QED) is 0.687. The molecule has 21 heavy (non-hydrogen) atoms. The molecule has 1 aromatic rings. The van der Waals surface area contributed by atoms with Gasteiger partial charge in [-0.05, 0) is 32.7 Å². The van der Waals surface area contributed by atoms with E-state index in [-0.39, 0.29) is 6.04 Å². The predicted octanol–water partition coefficient (Wildman–Crippen LogP) is 1.83. The second-order valence-electron chi connectivity index (χ2n) is 5.55. The number of hydrogen-bond acceptors (Lipinski definition) is 4. The van der Waals surface area contributed by atoms with Gasteiger partial charge >= 0.3 is 0 Å². The number of ether oxygens (including phenoxy) is 1. The molecule has 1 aliphatic rings. The van der Waals surface area contributed by atoms with Gasteiger partial charge in [-0.25, -0.2) is 0 Å². The highest BCUT2D eigenvalue weighted by molar-refractivity contribution is 7.85. The number of nitrogens with zero attached hydrogens (tertiary/aromatic N) is 3. The number of hydrogen-bond donors (Lipinski definition) is 0. The molecule has 0 saturated carbocycles. The molecule has 0 spiro atoms. The maximum atomic E-state index is 11.9. The summed E-state index contributed by atoms with van der Waals surface area (Å²) in [6.07, 6.45) is 7.53. The third kappa shape index (κ3) is 4.90. The minimum atomic E-state index is -0.693. The van der Waals surface area contributed by atoms with E-state index in [0.29, 0.717) is 0 Å². The van der Waals surface area contributed by atoms with Crippen molar-refractivity contribution < 1.29 is 8.95 Å². The molecule has 2 heterocycles. The van der Waals surface area contributed by atoms with Crippen LogP contribution < -0.4 is 0 Å². The maximum Gasteiger partial charge on any atom is 0.0538 e. The summed E-state index contributed by atoms with van der Waals surface area (Å²) in [5, 5.41) is 4.36. The molecule has 0 N–H and O–H groups in total. The smallest absolute Gasteiger partial charge is 0.0538 e. The summed E-state index contributed by atoms with van der Waals surface area (Å²) in [4.78, 5) is 2.48. The first-order chi connectivity index (χ1) is 10.2. The zero-order valence-electron chi connectivity index (χ0n) is 13.2. The van der Waals surface area contributed by atoms with E-state index in [4.69, 9.17) is 4.74 Å². The third-order valence-corrected chi connectivity index (χ3v) is 5.37. The van der Waals surface area contributed by atoms with Crippen LogP contribution >= 0.6 is 0 Å². The summed E-state index contributed by atoms with van der Waals surface area (Å²) in [6, 6.07) is 0.266. The Kier molecular flexibility index (Phi) is 6.86. The Hall–Kier alpha value is -0.720. The van der Waals surface area contributed by atoms with Crippen LogP contribution in [-0.2, 0) is 22.1 Å². The number of aromatic nitrogens is 2. The van der Waals surface area contributed by atoms with Gasteiger partial charge in [-0.2, -0.15) is 5.10 Å². The van der Waals surface area contributed by atoms with Crippen LogP contribution in [0.15, 0.2) is 12.4 Å². The van der Waals surface area contributed by atoms with Crippen molar-refractivity contribution in [2.45, 2.75) is 38.8 Å². The first kappa shape index (κ1) is 16.6. The topological polar surface area (TPSA) is 47.4 Å². The predicted molar refractivity (Wildman–Crippen MR) is 85.8 cm³/mol. The Morgan fingerprint density at radius 2 is 2.29 bits per heavy atom. The van der Waals surface area contributed by atoms with Gasteiger partial charge in [0.1, 0.15) is 0 Å². The van der Waals surface area contributed by atoms with E-state index >= 15 is 0 Å². The van der Waals surface area contributed by atoms with E-state index < -0.39 is 10.8 Å². The molecule has 0 aliphatic carbocycles. The van der Waals surface area contributed by atoms with Gasteiger partial charge in [-0.3, -0.25) is 13.8 Å². The lowest BCUT2D eigenvalue weighted by atomic mass is 10.1. The summed E-state index contributed by atoms with van der Waals surface area (Å²) in [7, 11) is 1.06. The Balaban J connectivity index is 1.91. The van der Waals surface area contributed by atoms with Gasteiger partial charge in [0, 0.05) is 66.9 Å². The van der Waals surface area contributed by atoms with Crippen LogP contribution in [0.25, 0.3) is 0 Å². The van der Waals surface area contributed by atoms with E-state index in [1.54, 1.807) is 7.11 Å². The maximum absolute atomic E-state index is 11.9. The van der Waals surface area contributed by atoms with Crippen molar-refractivity contribution in [1.82, 2.24) is 14.7 Å². The molecule has 0 aromatic carbocycles. The Bertz CT molecular complexity index is 450. The van der Waals surface area contributed by atoms with Crippen LogP contribution in [0.2, 0.25) is 0 Å². The van der Waals surface area contributed by atoms with Crippen LogP contribution in [0.3, 0.4) is 0 Å².